The highest BCUT2D eigenvalue weighted by atomic mass is 35.5. The Balaban J connectivity index is 0.00000150. The number of hydrogen-bond acceptors (Lipinski definition) is 4. The number of halogens is 2. The normalized spacial score (nSPS) is 17.8. The number of carbonyl (C=O) groups excluding carboxylic acids is 1. The van der Waals surface area contributed by atoms with Crippen molar-refractivity contribution < 1.29 is 9.53 Å². The van der Waals surface area contributed by atoms with Crippen LogP contribution in [0.15, 0.2) is 48.5 Å². The first-order valence-corrected chi connectivity index (χ1v) is 9.34. The summed E-state index contributed by atoms with van der Waals surface area (Å²) in [4.78, 5) is 20.6. The topological polar surface area (TPSA) is 93.0 Å². The second kappa shape index (κ2) is 10.1. The Morgan fingerprint density at radius 3 is 2.69 bits per heavy atom. The van der Waals surface area contributed by atoms with Gasteiger partial charge in [-0.25, -0.2) is 4.98 Å². The summed E-state index contributed by atoms with van der Waals surface area (Å²) in [6.07, 6.45) is 2.08. The highest BCUT2D eigenvalue weighted by Gasteiger charge is 2.23. The Hall–Kier alpha value is -2.12. The molecule has 8 heteroatoms. The minimum absolute atomic E-state index is 0. The number of imidazole rings is 1. The average molecular weight is 437 g/mol. The summed E-state index contributed by atoms with van der Waals surface area (Å²) < 4.78 is 5.69. The molecule has 1 aliphatic heterocycles. The summed E-state index contributed by atoms with van der Waals surface area (Å²) in [7, 11) is 0. The molecule has 29 heavy (non-hydrogen) atoms. The van der Waals surface area contributed by atoms with E-state index in [1.54, 1.807) is 0 Å². The monoisotopic (exact) mass is 436 g/mol. The van der Waals surface area contributed by atoms with Crippen molar-refractivity contribution in [1.82, 2.24) is 9.97 Å². The summed E-state index contributed by atoms with van der Waals surface area (Å²) in [5.41, 5.74) is 9.69. The fourth-order valence-corrected chi connectivity index (χ4v) is 3.44. The number of nitrogens with zero attached hydrogens (tertiary/aromatic N) is 1. The van der Waals surface area contributed by atoms with E-state index in [2.05, 4.69) is 15.3 Å². The fourth-order valence-electron chi connectivity index (χ4n) is 3.44. The molecule has 2 heterocycles. The Morgan fingerprint density at radius 2 is 2.00 bits per heavy atom. The number of carbonyl (C=O) groups is 1. The first-order chi connectivity index (χ1) is 13.1. The van der Waals surface area contributed by atoms with Crippen LogP contribution >= 0.6 is 24.8 Å². The van der Waals surface area contributed by atoms with E-state index in [4.69, 9.17) is 10.5 Å². The number of ether oxygens (including phenoxy) is 1. The molecular formula is C21H26Cl2N4O2. The number of benzene rings is 2. The van der Waals surface area contributed by atoms with E-state index in [0.29, 0.717) is 0 Å². The highest BCUT2D eigenvalue weighted by Crippen LogP contribution is 2.29. The van der Waals surface area contributed by atoms with Crippen LogP contribution in [0.3, 0.4) is 0 Å². The Labute approximate surface area is 182 Å². The van der Waals surface area contributed by atoms with Crippen LogP contribution in [0.2, 0.25) is 0 Å². The van der Waals surface area contributed by atoms with Crippen LogP contribution in [0.5, 0.6) is 0 Å². The number of nitrogens with one attached hydrogen (secondary N) is 2. The maximum absolute atomic E-state index is 12.6. The van der Waals surface area contributed by atoms with Crippen molar-refractivity contribution in [3.63, 3.8) is 0 Å². The fraction of sp³-hybridized carbons (Fsp3) is 0.333. The summed E-state index contributed by atoms with van der Waals surface area (Å²) in [6.45, 7) is 2.62. The average Bonchev–Trinajstić information content (AvgIpc) is 3.36. The van der Waals surface area contributed by atoms with E-state index in [1.807, 2.05) is 55.5 Å². The van der Waals surface area contributed by atoms with Gasteiger partial charge in [-0.1, -0.05) is 37.3 Å². The Kier molecular flexibility index (Phi) is 8.05. The van der Waals surface area contributed by atoms with Gasteiger partial charge in [-0.3, -0.25) is 4.79 Å². The maximum atomic E-state index is 12.6. The van der Waals surface area contributed by atoms with Crippen molar-refractivity contribution in [2.75, 3.05) is 11.9 Å². The predicted molar refractivity (Wildman–Crippen MR) is 120 cm³/mol. The molecule has 0 aliphatic carbocycles. The lowest BCUT2D eigenvalue weighted by Crippen LogP contribution is -2.30. The minimum atomic E-state index is -0.354. The number of aromatic amines is 1. The summed E-state index contributed by atoms with van der Waals surface area (Å²) >= 11 is 0. The molecule has 2 aromatic carbocycles. The van der Waals surface area contributed by atoms with Gasteiger partial charge in [0.1, 0.15) is 11.9 Å². The number of H-pyrrole nitrogens is 1. The smallest absolute Gasteiger partial charge is 0.229 e. The second-order valence-corrected chi connectivity index (χ2v) is 7.07. The lowest BCUT2D eigenvalue weighted by atomic mass is 9.94. The van der Waals surface area contributed by atoms with Crippen molar-refractivity contribution in [1.29, 1.82) is 0 Å². The second-order valence-electron chi connectivity index (χ2n) is 7.07. The zero-order valence-corrected chi connectivity index (χ0v) is 17.8. The molecule has 6 nitrogen and oxygen atoms in total. The molecule has 4 rings (SSSR count). The number of aromatic nitrogens is 2. The Morgan fingerprint density at radius 1 is 1.24 bits per heavy atom. The Bertz CT molecular complexity index is 942. The van der Waals surface area contributed by atoms with Crippen LogP contribution in [0.4, 0.5) is 5.69 Å². The van der Waals surface area contributed by atoms with E-state index < -0.39 is 0 Å². The van der Waals surface area contributed by atoms with E-state index in [-0.39, 0.29) is 48.8 Å². The highest BCUT2D eigenvalue weighted by molar-refractivity contribution is 5.94. The molecule has 156 valence electrons. The molecule has 3 atom stereocenters. The lowest BCUT2D eigenvalue weighted by Gasteiger charge is -2.19. The van der Waals surface area contributed by atoms with E-state index in [9.17, 15) is 4.79 Å². The molecule has 1 fully saturated rings. The zero-order valence-electron chi connectivity index (χ0n) is 16.1. The van der Waals surface area contributed by atoms with Crippen LogP contribution in [0.1, 0.15) is 43.3 Å². The van der Waals surface area contributed by atoms with Crippen LogP contribution in [0, 0.1) is 5.92 Å². The largest absolute Gasteiger partial charge is 0.370 e. The number of nitrogens with two attached hydrogens (primary N) is 1. The number of fused-ring (bicyclic) bond motifs is 1. The lowest BCUT2D eigenvalue weighted by molar-refractivity contribution is -0.120. The van der Waals surface area contributed by atoms with Gasteiger partial charge in [-0.15, -0.1) is 24.8 Å². The quantitative estimate of drug-likeness (QED) is 0.547. The molecule has 0 saturated carbocycles. The summed E-state index contributed by atoms with van der Waals surface area (Å²) in [6, 6.07) is 15.0. The maximum Gasteiger partial charge on any atom is 0.229 e. The molecule has 1 aliphatic rings. The van der Waals surface area contributed by atoms with Gasteiger partial charge in [-0.2, -0.15) is 0 Å². The molecule has 3 aromatic rings. The molecule has 4 N–H and O–H groups in total. The van der Waals surface area contributed by atoms with Gasteiger partial charge in [0.25, 0.3) is 0 Å². The molecular weight excluding hydrogens is 411 g/mol. The number of anilines is 1. The van der Waals surface area contributed by atoms with Crippen LogP contribution in [0.25, 0.3) is 11.0 Å². The third-order valence-corrected chi connectivity index (χ3v) is 5.14. The molecule has 3 unspecified atom stereocenters. The molecule has 0 bridgehead atoms. The van der Waals surface area contributed by atoms with Crippen LogP contribution in [-0.2, 0) is 9.53 Å². The van der Waals surface area contributed by atoms with Crippen molar-refractivity contribution in [3.05, 3.63) is 59.9 Å². The summed E-state index contributed by atoms with van der Waals surface area (Å²) in [5.74, 6) is 0.391. The van der Waals surface area contributed by atoms with E-state index in [1.165, 1.54) is 0 Å². The van der Waals surface area contributed by atoms with Crippen LogP contribution in [-0.4, -0.2) is 22.5 Å². The molecule has 0 spiro atoms. The van der Waals surface area contributed by atoms with Gasteiger partial charge in [0.15, 0.2) is 0 Å². The van der Waals surface area contributed by atoms with Crippen molar-refractivity contribution in [2.24, 2.45) is 11.7 Å². The van der Waals surface area contributed by atoms with Gasteiger partial charge in [-0.05, 0) is 36.6 Å². The van der Waals surface area contributed by atoms with E-state index in [0.717, 1.165) is 47.6 Å². The third-order valence-electron chi connectivity index (χ3n) is 5.14. The first-order valence-electron chi connectivity index (χ1n) is 9.34. The number of amides is 1. The first kappa shape index (κ1) is 23.2. The van der Waals surface area contributed by atoms with Gasteiger partial charge >= 0.3 is 0 Å². The summed E-state index contributed by atoms with van der Waals surface area (Å²) in [5, 5.41) is 2.97. The number of hydrogen-bond donors (Lipinski definition) is 3. The zero-order chi connectivity index (χ0) is 18.8. The predicted octanol–water partition coefficient (Wildman–Crippen LogP) is 4.53. The van der Waals surface area contributed by atoms with Gasteiger partial charge in [0, 0.05) is 18.3 Å². The molecule has 0 radical (unpaired) electrons. The van der Waals surface area contributed by atoms with E-state index >= 15 is 0 Å². The van der Waals surface area contributed by atoms with Gasteiger partial charge in [0.2, 0.25) is 5.91 Å². The van der Waals surface area contributed by atoms with Crippen molar-refractivity contribution >= 4 is 47.4 Å². The SMILES string of the molecule is CC(C(=O)Nc1ccc2nc(C3CCCO3)[nH]c2c1)C(N)c1ccccc1.Cl.Cl. The molecule has 1 aromatic heterocycles. The van der Waals surface area contributed by atoms with Gasteiger partial charge in [0.05, 0.1) is 17.0 Å². The minimum Gasteiger partial charge on any atom is -0.370 e. The molecule has 1 amide bonds. The third kappa shape index (κ3) is 5.08. The van der Waals surface area contributed by atoms with Crippen LogP contribution < -0.4 is 11.1 Å². The van der Waals surface area contributed by atoms with Gasteiger partial charge < -0.3 is 20.8 Å². The molecule has 1 saturated heterocycles. The number of rotatable bonds is 5. The van der Waals surface area contributed by atoms with Crippen molar-refractivity contribution in [3.8, 4) is 0 Å². The standard InChI is InChI=1S/C21H24N4O2.2ClH/c1-13(19(22)14-6-3-2-4-7-14)21(26)23-15-9-10-16-17(12-15)25-20(24-16)18-8-5-11-27-18;;/h2-4,6-7,9-10,12-13,18-19H,5,8,11,22H2,1H3,(H,23,26)(H,24,25);2*1H. The van der Waals surface area contributed by atoms with Crippen molar-refractivity contribution in [2.45, 2.75) is 31.9 Å².